The van der Waals surface area contributed by atoms with Crippen molar-refractivity contribution in [3.63, 3.8) is 0 Å². The maximum atomic E-state index is 12.3. The molecule has 3 rings (SSSR count). The summed E-state index contributed by atoms with van der Waals surface area (Å²) in [6.07, 6.45) is 1.51. The maximum absolute atomic E-state index is 12.3. The van der Waals surface area contributed by atoms with Gasteiger partial charge >= 0.3 is 6.61 Å². The molecule has 5 nitrogen and oxygen atoms in total. The van der Waals surface area contributed by atoms with Gasteiger partial charge in [0.05, 0.1) is 0 Å². The molecule has 1 N–H and O–H groups in total. The molecule has 1 heterocycles. The second-order valence-corrected chi connectivity index (χ2v) is 5.15. The third-order valence-electron chi connectivity index (χ3n) is 3.30. The molecular formula is C19H14F2N2O3. The Morgan fingerprint density at radius 3 is 2.38 bits per heavy atom. The van der Waals surface area contributed by atoms with Crippen molar-refractivity contribution in [1.29, 1.82) is 0 Å². The zero-order valence-electron chi connectivity index (χ0n) is 13.4. The number of benzene rings is 2. The molecule has 2 aromatic carbocycles. The van der Waals surface area contributed by atoms with E-state index in [9.17, 15) is 13.6 Å². The number of anilines is 1. The summed E-state index contributed by atoms with van der Waals surface area (Å²) < 4.78 is 34.1. The Morgan fingerprint density at radius 1 is 0.962 bits per heavy atom. The smallest absolute Gasteiger partial charge is 0.387 e. The van der Waals surface area contributed by atoms with E-state index in [0.717, 1.165) is 0 Å². The highest BCUT2D eigenvalue weighted by Crippen LogP contribution is 2.22. The van der Waals surface area contributed by atoms with Crippen LogP contribution in [0.1, 0.15) is 10.4 Å². The third-order valence-corrected chi connectivity index (χ3v) is 3.30. The summed E-state index contributed by atoms with van der Waals surface area (Å²) in [5, 5.41) is 2.70. The predicted octanol–water partition coefficient (Wildman–Crippen LogP) is 4.73. The van der Waals surface area contributed by atoms with Crippen molar-refractivity contribution in [2.75, 3.05) is 5.32 Å². The SMILES string of the molecule is O=C(Nc1ccnc(Oc2ccccc2)c1)c1ccc(OC(F)F)cc1. The molecule has 0 fully saturated rings. The normalized spacial score (nSPS) is 10.4. The van der Waals surface area contributed by atoms with Crippen LogP contribution in [0.4, 0.5) is 14.5 Å². The fourth-order valence-corrected chi connectivity index (χ4v) is 2.14. The molecule has 0 atom stereocenters. The Hall–Kier alpha value is -3.48. The van der Waals surface area contributed by atoms with Gasteiger partial charge in [-0.3, -0.25) is 4.79 Å². The molecular weight excluding hydrogens is 342 g/mol. The number of para-hydroxylation sites is 1. The average Bonchev–Trinajstić information content (AvgIpc) is 2.63. The van der Waals surface area contributed by atoms with Gasteiger partial charge in [0.15, 0.2) is 0 Å². The van der Waals surface area contributed by atoms with Gasteiger partial charge in [-0.05, 0) is 42.5 Å². The van der Waals surface area contributed by atoms with E-state index in [1.165, 1.54) is 30.5 Å². The number of hydrogen-bond acceptors (Lipinski definition) is 4. The van der Waals surface area contributed by atoms with E-state index in [1.54, 1.807) is 24.3 Å². The molecule has 1 amide bonds. The van der Waals surface area contributed by atoms with Crippen LogP contribution in [0.2, 0.25) is 0 Å². The second kappa shape index (κ2) is 8.06. The Labute approximate surface area is 148 Å². The van der Waals surface area contributed by atoms with Crippen LogP contribution in [0.25, 0.3) is 0 Å². The van der Waals surface area contributed by atoms with E-state index in [0.29, 0.717) is 22.9 Å². The molecule has 132 valence electrons. The number of amides is 1. The van der Waals surface area contributed by atoms with Gasteiger partial charge in [-0.2, -0.15) is 8.78 Å². The van der Waals surface area contributed by atoms with Crippen LogP contribution in [0.3, 0.4) is 0 Å². The van der Waals surface area contributed by atoms with Crippen LogP contribution in [0.5, 0.6) is 17.4 Å². The molecule has 0 saturated heterocycles. The van der Waals surface area contributed by atoms with E-state index in [4.69, 9.17) is 4.74 Å². The van der Waals surface area contributed by atoms with Gasteiger partial charge in [0, 0.05) is 23.5 Å². The molecule has 0 aliphatic carbocycles. The van der Waals surface area contributed by atoms with E-state index in [1.807, 2.05) is 18.2 Å². The lowest BCUT2D eigenvalue weighted by molar-refractivity contribution is -0.0498. The number of aromatic nitrogens is 1. The van der Waals surface area contributed by atoms with Gasteiger partial charge in [-0.25, -0.2) is 4.98 Å². The summed E-state index contributed by atoms with van der Waals surface area (Å²) in [5.41, 5.74) is 0.790. The Morgan fingerprint density at radius 2 is 1.69 bits per heavy atom. The number of carbonyl (C=O) groups is 1. The van der Waals surface area contributed by atoms with Gasteiger partial charge in [0.1, 0.15) is 11.5 Å². The molecule has 0 aliphatic rings. The van der Waals surface area contributed by atoms with Gasteiger partial charge in [0.25, 0.3) is 5.91 Å². The van der Waals surface area contributed by atoms with E-state index in [2.05, 4.69) is 15.0 Å². The number of carbonyl (C=O) groups excluding carboxylic acids is 1. The predicted molar refractivity (Wildman–Crippen MR) is 91.8 cm³/mol. The van der Waals surface area contributed by atoms with Crippen LogP contribution in [0.15, 0.2) is 72.9 Å². The highest BCUT2D eigenvalue weighted by atomic mass is 19.3. The first-order chi connectivity index (χ1) is 12.6. The summed E-state index contributed by atoms with van der Waals surface area (Å²) in [7, 11) is 0. The number of alkyl halides is 2. The monoisotopic (exact) mass is 356 g/mol. The molecule has 7 heteroatoms. The molecule has 1 aromatic heterocycles. The first-order valence-corrected chi connectivity index (χ1v) is 7.65. The average molecular weight is 356 g/mol. The number of ether oxygens (including phenoxy) is 2. The van der Waals surface area contributed by atoms with Crippen LogP contribution in [0, 0.1) is 0 Å². The highest BCUT2D eigenvalue weighted by molar-refractivity contribution is 6.04. The number of rotatable bonds is 6. The van der Waals surface area contributed by atoms with E-state index < -0.39 is 12.5 Å². The van der Waals surface area contributed by atoms with Crippen molar-refractivity contribution >= 4 is 11.6 Å². The quantitative estimate of drug-likeness (QED) is 0.694. The minimum atomic E-state index is -2.91. The standard InChI is InChI=1S/C19H14F2N2O3/c20-19(21)26-16-8-6-13(7-9-16)18(24)23-14-10-11-22-17(12-14)25-15-4-2-1-3-5-15/h1-12,19H,(H,22,23,24). The van der Waals surface area contributed by atoms with E-state index >= 15 is 0 Å². The fourth-order valence-electron chi connectivity index (χ4n) is 2.14. The van der Waals surface area contributed by atoms with Crippen molar-refractivity contribution in [2.45, 2.75) is 6.61 Å². The number of hydrogen-bond donors (Lipinski definition) is 1. The minimum Gasteiger partial charge on any atom is -0.439 e. The summed E-state index contributed by atoms with van der Waals surface area (Å²) >= 11 is 0. The van der Waals surface area contributed by atoms with Crippen LogP contribution >= 0.6 is 0 Å². The largest absolute Gasteiger partial charge is 0.439 e. The van der Waals surface area contributed by atoms with Gasteiger partial charge in [-0.1, -0.05) is 18.2 Å². The van der Waals surface area contributed by atoms with Crippen LogP contribution in [-0.2, 0) is 0 Å². The van der Waals surface area contributed by atoms with Crippen molar-refractivity contribution in [2.24, 2.45) is 0 Å². The number of nitrogens with zero attached hydrogens (tertiary/aromatic N) is 1. The summed E-state index contributed by atoms with van der Waals surface area (Å²) in [5.74, 6) is 0.539. The number of halogens is 2. The molecule has 3 aromatic rings. The third kappa shape index (κ3) is 4.76. The molecule has 26 heavy (non-hydrogen) atoms. The second-order valence-electron chi connectivity index (χ2n) is 5.15. The molecule has 0 radical (unpaired) electrons. The zero-order valence-corrected chi connectivity index (χ0v) is 13.4. The Balaban J connectivity index is 1.66. The number of nitrogens with one attached hydrogen (secondary N) is 1. The first kappa shape index (κ1) is 17.3. The van der Waals surface area contributed by atoms with Crippen LogP contribution < -0.4 is 14.8 Å². The zero-order chi connectivity index (χ0) is 18.4. The van der Waals surface area contributed by atoms with E-state index in [-0.39, 0.29) is 5.75 Å². The van der Waals surface area contributed by atoms with Gasteiger partial charge in [0.2, 0.25) is 5.88 Å². The molecule has 0 unspecified atom stereocenters. The molecule has 0 bridgehead atoms. The summed E-state index contributed by atoms with van der Waals surface area (Å²) in [6, 6.07) is 17.7. The first-order valence-electron chi connectivity index (χ1n) is 7.65. The van der Waals surface area contributed by atoms with Crippen molar-refractivity contribution in [3.05, 3.63) is 78.5 Å². The van der Waals surface area contributed by atoms with Gasteiger partial charge in [-0.15, -0.1) is 0 Å². The number of pyridine rings is 1. The maximum Gasteiger partial charge on any atom is 0.387 e. The van der Waals surface area contributed by atoms with Crippen LogP contribution in [-0.4, -0.2) is 17.5 Å². The summed E-state index contributed by atoms with van der Waals surface area (Å²) in [6.45, 7) is -2.91. The topological polar surface area (TPSA) is 60.5 Å². The fraction of sp³-hybridized carbons (Fsp3) is 0.0526. The van der Waals surface area contributed by atoms with Crippen molar-refractivity contribution < 1.29 is 23.0 Å². The lowest BCUT2D eigenvalue weighted by Crippen LogP contribution is -2.12. The molecule has 0 saturated carbocycles. The highest BCUT2D eigenvalue weighted by Gasteiger charge is 2.09. The molecule has 0 spiro atoms. The minimum absolute atomic E-state index is 0.0148. The lowest BCUT2D eigenvalue weighted by Gasteiger charge is -2.09. The molecule has 0 aliphatic heterocycles. The van der Waals surface area contributed by atoms with Crippen molar-refractivity contribution in [3.8, 4) is 17.4 Å². The van der Waals surface area contributed by atoms with Crippen molar-refractivity contribution in [1.82, 2.24) is 4.98 Å². The summed E-state index contributed by atoms with van der Waals surface area (Å²) in [4.78, 5) is 16.3. The Kier molecular flexibility index (Phi) is 5.38. The Bertz CT molecular complexity index is 871. The lowest BCUT2D eigenvalue weighted by atomic mass is 10.2. The van der Waals surface area contributed by atoms with Gasteiger partial charge < -0.3 is 14.8 Å².